The highest BCUT2D eigenvalue weighted by Crippen LogP contribution is 2.41. The smallest absolute Gasteiger partial charge is 0.433 e. The molecule has 2 aliphatic rings. The topological polar surface area (TPSA) is 133 Å². The molecule has 15 heteroatoms. The number of aryl methyl sites for hydroxylation is 1. The minimum absolute atomic E-state index is 0.0974. The van der Waals surface area contributed by atoms with Gasteiger partial charge < -0.3 is 20.7 Å². The second-order valence-electron chi connectivity index (χ2n) is 10.4. The van der Waals surface area contributed by atoms with Crippen molar-refractivity contribution in [3.63, 3.8) is 0 Å². The maximum absolute atomic E-state index is 13.1. The maximum atomic E-state index is 13.1. The SMILES string of the molecule is COc1cc(C(=O)Nc2cc(C(F)(F)F)n(C)n2)ccc1-c1nc([C@@H]2CC[C@H]3CCC(=O)N3C2)n2c(Cl)cnc(N)c12. The molecule has 6 rings (SSSR count). The molecule has 0 unspecified atom stereocenters. The first kappa shape index (κ1) is 27.8. The Morgan fingerprint density at radius 3 is 2.71 bits per heavy atom. The molecule has 5 heterocycles. The van der Waals surface area contributed by atoms with E-state index in [9.17, 15) is 22.8 Å². The molecule has 1 aromatic carbocycles. The van der Waals surface area contributed by atoms with Crippen LogP contribution in [0.1, 0.15) is 53.5 Å². The van der Waals surface area contributed by atoms with Gasteiger partial charge in [0.15, 0.2) is 5.82 Å². The van der Waals surface area contributed by atoms with Gasteiger partial charge in [0.05, 0.1) is 13.3 Å². The summed E-state index contributed by atoms with van der Waals surface area (Å²) < 4.78 is 47.4. The Labute approximate surface area is 242 Å². The molecular weight excluding hydrogens is 577 g/mol. The number of amides is 2. The number of carbonyl (C=O) groups excluding carboxylic acids is 2. The number of methoxy groups -OCH3 is 1. The van der Waals surface area contributed by atoms with Crippen molar-refractivity contribution in [2.75, 3.05) is 24.7 Å². The number of ether oxygens (including phenoxy) is 1. The van der Waals surface area contributed by atoms with Crippen molar-refractivity contribution in [2.24, 2.45) is 7.05 Å². The number of piperidine rings is 1. The number of nitrogens with zero attached hydrogens (tertiary/aromatic N) is 6. The summed E-state index contributed by atoms with van der Waals surface area (Å²) in [6, 6.07) is 5.55. The maximum Gasteiger partial charge on any atom is 0.433 e. The van der Waals surface area contributed by atoms with Crippen LogP contribution < -0.4 is 15.8 Å². The molecule has 4 aromatic rings. The van der Waals surface area contributed by atoms with Crippen molar-refractivity contribution >= 4 is 40.6 Å². The molecule has 220 valence electrons. The van der Waals surface area contributed by atoms with Crippen molar-refractivity contribution in [3.8, 4) is 17.0 Å². The predicted octanol–water partition coefficient (Wildman–Crippen LogP) is 4.51. The summed E-state index contributed by atoms with van der Waals surface area (Å²) in [7, 11) is 2.56. The number of aromatic nitrogens is 5. The van der Waals surface area contributed by atoms with Crippen molar-refractivity contribution in [2.45, 2.75) is 43.8 Å². The van der Waals surface area contributed by atoms with Crippen LogP contribution in [0.25, 0.3) is 16.8 Å². The van der Waals surface area contributed by atoms with E-state index in [0.29, 0.717) is 45.4 Å². The van der Waals surface area contributed by atoms with Crippen molar-refractivity contribution in [3.05, 3.63) is 52.7 Å². The molecule has 3 aromatic heterocycles. The number of hydrogen-bond donors (Lipinski definition) is 2. The van der Waals surface area contributed by atoms with Crippen molar-refractivity contribution in [1.29, 1.82) is 0 Å². The molecule has 0 aliphatic carbocycles. The predicted molar refractivity (Wildman–Crippen MR) is 147 cm³/mol. The number of hydrogen-bond acceptors (Lipinski definition) is 7. The van der Waals surface area contributed by atoms with E-state index in [-0.39, 0.29) is 40.8 Å². The van der Waals surface area contributed by atoms with Gasteiger partial charge in [0.25, 0.3) is 5.91 Å². The first-order valence-electron chi connectivity index (χ1n) is 13.2. The molecule has 0 radical (unpaired) electrons. The number of halogens is 4. The molecule has 11 nitrogen and oxygen atoms in total. The largest absolute Gasteiger partial charge is 0.496 e. The molecule has 2 amide bonds. The number of anilines is 2. The standard InChI is InChI=1S/C27H26ClF3N8O3/c1-37-18(27(29,30)31)10-20(36-37)34-26(41)13-4-7-16(17(9-13)42-2)22-23-24(32)33-11-19(28)39(23)25(35-22)14-3-5-15-6-8-21(40)38(15)12-14/h4,7,9-11,14-15H,3,5-6,8,12H2,1-2H3,(H2,32,33)(H,34,36,41)/t14-,15+/m1/s1. The summed E-state index contributed by atoms with van der Waals surface area (Å²) >= 11 is 6.61. The first-order chi connectivity index (χ1) is 20.0. The zero-order chi connectivity index (χ0) is 29.9. The Bertz CT molecular complexity index is 1730. The lowest BCUT2D eigenvalue weighted by molar-refractivity contribution is -0.143. The summed E-state index contributed by atoms with van der Waals surface area (Å²) in [4.78, 5) is 36.5. The number of nitrogen functional groups attached to an aromatic ring is 1. The molecule has 2 aliphatic heterocycles. The quantitative estimate of drug-likeness (QED) is 0.343. The Morgan fingerprint density at radius 2 is 2.00 bits per heavy atom. The van der Waals surface area contributed by atoms with E-state index in [4.69, 9.17) is 27.1 Å². The summed E-state index contributed by atoms with van der Waals surface area (Å²) in [6.07, 6.45) is -0.109. The Morgan fingerprint density at radius 1 is 1.21 bits per heavy atom. The van der Waals surface area contributed by atoms with E-state index in [2.05, 4.69) is 15.4 Å². The van der Waals surface area contributed by atoms with Gasteiger partial charge in [0.2, 0.25) is 5.91 Å². The minimum Gasteiger partial charge on any atom is -0.496 e. The lowest BCUT2D eigenvalue weighted by Crippen LogP contribution is -2.41. The number of imidazole rings is 1. The second kappa shape index (κ2) is 10.2. The number of carbonyl (C=O) groups is 2. The number of nitrogens with one attached hydrogen (secondary N) is 1. The highest BCUT2D eigenvalue weighted by atomic mass is 35.5. The van der Waals surface area contributed by atoms with Gasteiger partial charge >= 0.3 is 6.18 Å². The van der Waals surface area contributed by atoms with E-state index in [1.165, 1.54) is 25.4 Å². The first-order valence-corrected chi connectivity index (χ1v) is 13.6. The molecule has 42 heavy (non-hydrogen) atoms. The number of benzene rings is 1. The van der Waals surface area contributed by atoms with E-state index >= 15 is 0 Å². The van der Waals surface area contributed by atoms with E-state index in [1.54, 1.807) is 10.5 Å². The van der Waals surface area contributed by atoms with Crippen molar-refractivity contribution in [1.82, 2.24) is 29.0 Å². The van der Waals surface area contributed by atoms with Gasteiger partial charge in [0, 0.05) is 49.2 Å². The molecule has 2 atom stereocenters. The monoisotopic (exact) mass is 602 g/mol. The summed E-state index contributed by atoms with van der Waals surface area (Å²) in [6.45, 7) is 0.514. The average molecular weight is 603 g/mol. The van der Waals surface area contributed by atoms with Crippen LogP contribution in [0.5, 0.6) is 5.75 Å². The van der Waals surface area contributed by atoms with Crippen LogP contribution in [-0.4, -0.2) is 60.6 Å². The van der Waals surface area contributed by atoms with Crippen LogP contribution in [0.3, 0.4) is 0 Å². The van der Waals surface area contributed by atoms with Gasteiger partial charge in [-0.15, -0.1) is 0 Å². The lowest BCUT2D eigenvalue weighted by Gasteiger charge is -2.34. The third-order valence-electron chi connectivity index (χ3n) is 7.88. The molecule has 0 spiro atoms. The lowest BCUT2D eigenvalue weighted by atomic mass is 9.92. The molecule has 3 N–H and O–H groups in total. The van der Waals surface area contributed by atoms with E-state index in [0.717, 1.165) is 32.4 Å². The van der Waals surface area contributed by atoms with Crippen LogP contribution in [0.15, 0.2) is 30.5 Å². The molecule has 2 fully saturated rings. The molecular formula is C27H26ClF3N8O3. The highest BCUT2D eigenvalue weighted by Gasteiger charge is 2.39. The fourth-order valence-electron chi connectivity index (χ4n) is 5.88. The van der Waals surface area contributed by atoms with Gasteiger partial charge in [-0.2, -0.15) is 18.3 Å². The Balaban J connectivity index is 1.37. The van der Waals surface area contributed by atoms with Crippen LogP contribution in [0.4, 0.5) is 24.8 Å². The van der Waals surface area contributed by atoms with Crippen LogP contribution in [-0.2, 0) is 18.0 Å². The molecule has 0 bridgehead atoms. The second-order valence-corrected chi connectivity index (χ2v) is 10.8. The number of rotatable bonds is 5. The highest BCUT2D eigenvalue weighted by molar-refractivity contribution is 6.30. The molecule has 2 saturated heterocycles. The van der Waals surface area contributed by atoms with E-state index < -0.39 is 17.8 Å². The summed E-state index contributed by atoms with van der Waals surface area (Å²) in [5.41, 5.74) is 6.82. The van der Waals surface area contributed by atoms with Gasteiger partial charge in [0.1, 0.15) is 39.4 Å². The van der Waals surface area contributed by atoms with Gasteiger partial charge in [-0.1, -0.05) is 11.6 Å². The average Bonchev–Trinajstić information content (AvgIpc) is 3.65. The Hall–Kier alpha value is -4.33. The van der Waals surface area contributed by atoms with Gasteiger partial charge in [-0.05, 0) is 37.5 Å². The van der Waals surface area contributed by atoms with Crippen molar-refractivity contribution < 1.29 is 27.5 Å². The third-order valence-corrected chi connectivity index (χ3v) is 8.15. The minimum atomic E-state index is -4.62. The summed E-state index contributed by atoms with van der Waals surface area (Å²) in [5, 5.41) is 6.43. The number of fused-ring (bicyclic) bond motifs is 2. The Kier molecular flexibility index (Phi) is 6.75. The van der Waals surface area contributed by atoms with E-state index in [1.807, 2.05) is 4.90 Å². The fraction of sp³-hybridized carbons (Fsp3) is 0.370. The summed E-state index contributed by atoms with van der Waals surface area (Å²) in [5.74, 6) is 0.189. The number of nitrogens with two attached hydrogens (primary N) is 1. The fourth-order valence-corrected chi connectivity index (χ4v) is 6.10. The zero-order valence-electron chi connectivity index (χ0n) is 22.6. The van der Waals surface area contributed by atoms with Crippen LogP contribution in [0, 0.1) is 0 Å². The van der Waals surface area contributed by atoms with Crippen LogP contribution >= 0.6 is 11.6 Å². The third kappa shape index (κ3) is 4.68. The van der Waals surface area contributed by atoms with Gasteiger partial charge in [-0.3, -0.25) is 18.7 Å². The van der Waals surface area contributed by atoms with Crippen LogP contribution in [0.2, 0.25) is 5.15 Å². The number of alkyl halides is 3. The van der Waals surface area contributed by atoms with Gasteiger partial charge in [-0.25, -0.2) is 9.97 Å². The zero-order valence-corrected chi connectivity index (χ0v) is 23.3. The molecule has 0 saturated carbocycles. The normalized spacial score (nSPS) is 18.9.